The van der Waals surface area contributed by atoms with Crippen molar-refractivity contribution in [2.75, 3.05) is 31.6 Å². The lowest BCUT2D eigenvalue weighted by atomic mass is 10.1. The Kier molecular flexibility index (Phi) is 7.28. The zero-order chi connectivity index (χ0) is 18.9. The number of aryl methyl sites for hydroxylation is 1. The largest absolute Gasteiger partial charge is 0.378 e. The second kappa shape index (κ2) is 9.67. The minimum absolute atomic E-state index is 0.0179. The lowest BCUT2D eigenvalue weighted by Crippen LogP contribution is -2.47. The van der Waals surface area contributed by atoms with Crippen molar-refractivity contribution in [2.45, 2.75) is 26.7 Å². The van der Waals surface area contributed by atoms with Crippen molar-refractivity contribution in [1.82, 2.24) is 10.3 Å². The van der Waals surface area contributed by atoms with Crippen molar-refractivity contribution in [2.24, 2.45) is 5.10 Å². The highest BCUT2D eigenvalue weighted by atomic mass is 16.5. The first kappa shape index (κ1) is 19.6. The summed E-state index contributed by atoms with van der Waals surface area (Å²) in [4.78, 5) is 37.3. The molecule has 2 N–H and O–H groups in total. The number of carbonyl (C=O) groups excluding carboxylic acids is 3. The maximum absolute atomic E-state index is 12.1. The van der Waals surface area contributed by atoms with Crippen LogP contribution in [0.4, 0.5) is 5.69 Å². The molecule has 3 amide bonds. The molecule has 0 aliphatic carbocycles. The van der Waals surface area contributed by atoms with Gasteiger partial charge in [0.25, 0.3) is 0 Å². The van der Waals surface area contributed by atoms with E-state index in [4.69, 9.17) is 4.74 Å². The van der Waals surface area contributed by atoms with Gasteiger partial charge in [0, 0.05) is 24.5 Å². The summed E-state index contributed by atoms with van der Waals surface area (Å²) in [7, 11) is 0. The number of amides is 3. The molecule has 0 aromatic heterocycles. The van der Waals surface area contributed by atoms with Crippen molar-refractivity contribution in [1.29, 1.82) is 0 Å². The molecule has 1 saturated heterocycles. The van der Waals surface area contributed by atoms with E-state index in [2.05, 4.69) is 15.8 Å². The number of nitrogens with one attached hydrogen (secondary N) is 2. The molecule has 8 heteroatoms. The second-order valence-corrected chi connectivity index (χ2v) is 5.93. The number of anilines is 1. The zero-order valence-corrected chi connectivity index (χ0v) is 15.1. The van der Waals surface area contributed by atoms with Gasteiger partial charge in [-0.05, 0) is 25.0 Å². The van der Waals surface area contributed by atoms with E-state index in [1.54, 1.807) is 6.92 Å². The summed E-state index contributed by atoms with van der Waals surface area (Å²) >= 11 is 0. The molecular weight excluding hydrogens is 336 g/mol. The second-order valence-electron chi connectivity index (χ2n) is 5.93. The zero-order valence-electron chi connectivity index (χ0n) is 15.1. The van der Waals surface area contributed by atoms with Crippen LogP contribution in [0, 0.1) is 0 Å². The van der Waals surface area contributed by atoms with E-state index in [9.17, 15) is 14.4 Å². The molecule has 1 aliphatic rings. The summed E-state index contributed by atoms with van der Waals surface area (Å²) in [6.45, 7) is 5.23. The third-order valence-electron chi connectivity index (χ3n) is 3.93. The summed E-state index contributed by atoms with van der Waals surface area (Å²) in [5.74, 6) is -1.70. The minimum atomic E-state index is -0.817. The summed E-state index contributed by atoms with van der Waals surface area (Å²) in [5.41, 5.74) is 4.42. The van der Waals surface area contributed by atoms with E-state index in [0.29, 0.717) is 32.0 Å². The quantitative estimate of drug-likeness (QED) is 0.463. The van der Waals surface area contributed by atoms with Gasteiger partial charge in [-0.1, -0.05) is 25.1 Å². The number of hydrogen-bond acceptors (Lipinski definition) is 5. The first-order valence-electron chi connectivity index (χ1n) is 8.59. The van der Waals surface area contributed by atoms with E-state index in [1.807, 2.05) is 31.2 Å². The van der Waals surface area contributed by atoms with Gasteiger partial charge in [0.2, 0.25) is 5.91 Å². The standard InChI is InChI=1S/C18H24N4O4/c1-3-14-6-4-5-7-15(14)19-16(23)12-13(2)20-21-17(24)18(25)22-8-10-26-11-9-22/h4-7H,3,8-12H2,1-2H3,(H,19,23)(H,21,24)/b20-13+. The number of nitrogens with zero attached hydrogens (tertiary/aromatic N) is 2. The molecule has 0 radical (unpaired) electrons. The molecule has 2 rings (SSSR count). The lowest BCUT2D eigenvalue weighted by molar-refractivity contribution is -0.148. The summed E-state index contributed by atoms with van der Waals surface area (Å²) in [5, 5.41) is 6.67. The molecule has 0 saturated carbocycles. The molecule has 1 heterocycles. The van der Waals surface area contributed by atoms with Gasteiger partial charge in [0.05, 0.1) is 19.6 Å². The molecule has 0 unspecified atom stereocenters. The average Bonchev–Trinajstić information content (AvgIpc) is 2.66. The van der Waals surface area contributed by atoms with E-state index in [-0.39, 0.29) is 12.3 Å². The van der Waals surface area contributed by atoms with Gasteiger partial charge in [0.15, 0.2) is 0 Å². The normalized spacial score (nSPS) is 14.7. The number of hydrazone groups is 1. The Morgan fingerprint density at radius 2 is 1.88 bits per heavy atom. The number of benzene rings is 1. The summed E-state index contributed by atoms with van der Waals surface area (Å²) in [6.07, 6.45) is 0.827. The van der Waals surface area contributed by atoms with Crippen molar-refractivity contribution in [3.05, 3.63) is 29.8 Å². The number of morpholine rings is 1. The average molecular weight is 360 g/mol. The van der Waals surface area contributed by atoms with Crippen LogP contribution < -0.4 is 10.7 Å². The highest BCUT2D eigenvalue weighted by Gasteiger charge is 2.23. The van der Waals surface area contributed by atoms with Crippen molar-refractivity contribution >= 4 is 29.1 Å². The van der Waals surface area contributed by atoms with Crippen LogP contribution in [0.3, 0.4) is 0 Å². The molecule has 8 nitrogen and oxygen atoms in total. The number of rotatable bonds is 5. The Morgan fingerprint density at radius 1 is 1.19 bits per heavy atom. The minimum Gasteiger partial charge on any atom is -0.378 e. The van der Waals surface area contributed by atoms with Gasteiger partial charge >= 0.3 is 11.8 Å². The predicted molar refractivity (Wildman–Crippen MR) is 97.7 cm³/mol. The van der Waals surface area contributed by atoms with Crippen LogP contribution in [0.2, 0.25) is 0 Å². The van der Waals surface area contributed by atoms with Crippen molar-refractivity contribution < 1.29 is 19.1 Å². The van der Waals surface area contributed by atoms with Gasteiger partial charge in [-0.2, -0.15) is 5.10 Å². The van der Waals surface area contributed by atoms with Crippen LogP contribution in [-0.4, -0.2) is 54.6 Å². The predicted octanol–water partition coefficient (Wildman–Crippen LogP) is 0.928. The molecule has 0 atom stereocenters. The van der Waals surface area contributed by atoms with Gasteiger partial charge in [-0.3, -0.25) is 14.4 Å². The number of para-hydroxylation sites is 1. The summed E-state index contributed by atoms with van der Waals surface area (Å²) < 4.78 is 5.14. The van der Waals surface area contributed by atoms with Crippen LogP contribution in [0.1, 0.15) is 25.8 Å². The van der Waals surface area contributed by atoms with Crippen LogP contribution in [0.15, 0.2) is 29.4 Å². The number of ether oxygens (including phenoxy) is 1. The van der Waals surface area contributed by atoms with Gasteiger partial charge in [-0.15, -0.1) is 0 Å². The molecule has 0 spiro atoms. The molecule has 140 valence electrons. The monoisotopic (exact) mass is 360 g/mol. The van der Waals surface area contributed by atoms with E-state index in [0.717, 1.165) is 17.7 Å². The van der Waals surface area contributed by atoms with Crippen LogP contribution in [0.25, 0.3) is 0 Å². The number of carbonyl (C=O) groups is 3. The van der Waals surface area contributed by atoms with Crippen molar-refractivity contribution in [3.63, 3.8) is 0 Å². The van der Waals surface area contributed by atoms with E-state index >= 15 is 0 Å². The van der Waals surface area contributed by atoms with Crippen molar-refractivity contribution in [3.8, 4) is 0 Å². The fourth-order valence-corrected chi connectivity index (χ4v) is 2.52. The van der Waals surface area contributed by atoms with Gasteiger partial charge in [0.1, 0.15) is 0 Å². The Labute approximate surface area is 152 Å². The Bertz CT molecular complexity index is 696. The summed E-state index contributed by atoms with van der Waals surface area (Å²) in [6, 6.07) is 7.56. The van der Waals surface area contributed by atoms with Gasteiger partial charge < -0.3 is 15.0 Å². The SMILES string of the molecule is CCc1ccccc1NC(=O)C/C(C)=N/NC(=O)C(=O)N1CCOCC1. The molecule has 1 aromatic rings. The molecule has 1 aliphatic heterocycles. The lowest BCUT2D eigenvalue weighted by Gasteiger charge is -2.25. The Balaban J connectivity index is 1.84. The molecule has 1 fully saturated rings. The maximum atomic E-state index is 12.1. The van der Waals surface area contributed by atoms with Crippen LogP contribution in [-0.2, 0) is 25.5 Å². The number of hydrogen-bond donors (Lipinski definition) is 2. The third-order valence-corrected chi connectivity index (χ3v) is 3.93. The Morgan fingerprint density at radius 3 is 2.58 bits per heavy atom. The molecule has 0 bridgehead atoms. The van der Waals surface area contributed by atoms with Crippen LogP contribution >= 0.6 is 0 Å². The van der Waals surface area contributed by atoms with Crippen LogP contribution in [0.5, 0.6) is 0 Å². The highest BCUT2D eigenvalue weighted by molar-refractivity contribution is 6.35. The Hall–Kier alpha value is -2.74. The first-order chi connectivity index (χ1) is 12.5. The fraction of sp³-hybridized carbons (Fsp3) is 0.444. The third kappa shape index (κ3) is 5.66. The molecule has 26 heavy (non-hydrogen) atoms. The van der Waals surface area contributed by atoms with Gasteiger partial charge in [-0.25, -0.2) is 5.43 Å². The van der Waals surface area contributed by atoms with E-state index in [1.165, 1.54) is 4.90 Å². The topological polar surface area (TPSA) is 100 Å². The smallest absolute Gasteiger partial charge is 0.329 e. The van der Waals surface area contributed by atoms with E-state index < -0.39 is 11.8 Å². The molecule has 1 aromatic carbocycles. The highest BCUT2D eigenvalue weighted by Crippen LogP contribution is 2.15. The maximum Gasteiger partial charge on any atom is 0.329 e. The fourth-order valence-electron chi connectivity index (χ4n) is 2.52. The first-order valence-corrected chi connectivity index (χ1v) is 8.59. The molecular formula is C18H24N4O4.